The van der Waals surface area contributed by atoms with Gasteiger partial charge in [-0.3, -0.25) is 14.6 Å². The van der Waals surface area contributed by atoms with Crippen LogP contribution in [0.4, 0.5) is 0 Å². The molecule has 0 saturated heterocycles. The van der Waals surface area contributed by atoms with Gasteiger partial charge in [0.1, 0.15) is 5.03 Å². The SMILES string of the molecule is C[C@H](OC(=O)CSc1cnc2ccccc2n1)C(=O)N[C@@H]1CCCC[C@@H]1C. The zero-order chi connectivity index (χ0) is 19.2. The summed E-state index contributed by atoms with van der Waals surface area (Å²) >= 11 is 1.25. The van der Waals surface area contributed by atoms with Crippen LogP contribution in [0.15, 0.2) is 35.5 Å². The first-order valence-corrected chi connectivity index (χ1v) is 10.4. The summed E-state index contributed by atoms with van der Waals surface area (Å²) in [5.74, 6) is -0.107. The van der Waals surface area contributed by atoms with Crippen LogP contribution in [0.1, 0.15) is 39.5 Å². The molecular weight excluding hydrogens is 362 g/mol. The van der Waals surface area contributed by atoms with Crippen molar-refractivity contribution in [3.8, 4) is 0 Å². The lowest BCUT2D eigenvalue weighted by atomic mass is 9.86. The number of thioether (sulfide) groups is 1. The molecule has 0 unspecified atom stereocenters. The number of aromatic nitrogens is 2. The minimum Gasteiger partial charge on any atom is -0.452 e. The molecule has 2 aromatic rings. The fraction of sp³-hybridized carbons (Fsp3) is 0.500. The number of amides is 1. The maximum absolute atomic E-state index is 12.3. The predicted octanol–water partition coefficient (Wildman–Crippen LogP) is 3.35. The van der Waals surface area contributed by atoms with E-state index in [9.17, 15) is 9.59 Å². The van der Waals surface area contributed by atoms with Gasteiger partial charge in [-0.25, -0.2) is 4.98 Å². The molecule has 0 aliphatic heterocycles. The van der Waals surface area contributed by atoms with Crippen molar-refractivity contribution < 1.29 is 14.3 Å². The lowest BCUT2D eigenvalue weighted by molar-refractivity contribution is -0.152. The molecule has 0 bridgehead atoms. The number of carbonyl (C=O) groups excluding carboxylic acids is 2. The molecule has 144 valence electrons. The van der Waals surface area contributed by atoms with Gasteiger partial charge in [-0.15, -0.1) is 0 Å². The van der Waals surface area contributed by atoms with Gasteiger partial charge in [0.25, 0.3) is 5.91 Å². The second kappa shape index (κ2) is 9.17. The first kappa shape index (κ1) is 19.6. The largest absolute Gasteiger partial charge is 0.452 e. The maximum Gasteiger partial charge on any atom is 0.317 e. The van der Waals surface area contributed by atoms with E-state index < -0.39 is 12.1 Å². The number of rotatable bonds is 6. The van der Waals surface area contributed by atoms with Gasteiger partial charge in [-0.1, -0.05) is 43.7 Å². The second-order valence-electron chi connectivity index (χ2n) is 6.99. The van der Waals surface area contributed by atoms with Gasteiger partial charge in [-0.2, -0.15) is 0 Å². The van der Waals surface area contributed by atoms with Crippen LogP contribution in [0.3, 0.4) is 0 Å². The Morgan fingerprint density at radius 3 is 2.78 bits per heavy atom. The average molecular weight is 388 g/mol. The van der Waals surface area contributed by atoms with Crippen molar-refractivity contribution in [2.24, 2.45) is 5.92 Å². The lowest BCUT2D eigenvalue weighted by Gasteiger charge is -2.30. The molecule has 0 spiro atoms. The fourth-order valence-corrected chi connectivity index (χ4v) is 3.88. The van der Waals surface area contributed by atoms with E-state index in [1.165, 1.54) is 18.2 Å². The molecular formula is C20H25N3O3S. The number of carbonyl (C=O) groups is 2. The van der Waals surface area contributed by atoms with Crippen molar-refractivity contribution in [1.29, 1.82) is 0 Å². The van der Waals surface area contributed by atoms with E-state index in [-0.39, 0.29) is 17.7 Å². The van der Waals surface area contributed by atoms with Gasteiger partial charge in [0.15, 0.2) is 6.10 Å². The number of nitrogens with one attached hydrogen (secondary N) is 1. The summed E-state index contributed by atoms with van der Waals surface area (Å²) in [4.78, 5) is 33.2. The van der Waals surface area contributed by atoms with Crippen LogP contribution in [-0.4, -0.2) is 39.7 Å². The van der Waals surface area contributed by atoms with E-state index >= 15 is 0 Å². The molecule has 1 saturated carbocycles. The van der Waals surface area contributed by atoms with Gasteiger partial charge in [0, 0.05) is 6.04 Å². The highest BCUT2D eigenvalue weighted by Gasteiger charge is 2.26. The third-order valence-electron chi connectivity index (χ3n) is 4.88. The second-order valence-corrected chi connectivity index (χ2v) is 7.99. The fourth-order valence-electron chi connectivity index (χ4n) is 3.26. The number of ether oxygens (including phenoxy) is 1. The molecule has 1 amide bonds. The monoisotopic (exact) mass is 387 g/mol. The molecule has 1 N–H and O–H groups in total. The Balaban J connectivity index is 1.46. The summed E-state index contributed by atoms with van der Waals surface area (Å²) in [5, 5.41) is 3.67. The summed E-state index contributed by atoms with van der Waals surface area (Å²) < 4.78 is 5.28. The molecule has 0 radical (unpaired) electrons. The first-order chi connectivity index (χ1) is 13.0. The van der Waals surface area contributed by atoms with Crippen LogP contribution >= 0.6 is 11.8 Å². The van der Waals surface area contributed by atoms with E-state index in [0.717, 1.165) is 30.3 Å². The zero-order valence-corrected chi connectivity index (χ0v) is 16.5. The van der Waals surface area contributed by atoms with Crippen LogP contribution in [0.25, 0.3) is 11.0 Å². The molecule has 3 rings (SSSR count). The summed E-state index contributed by atoms with van der Waals surface area (Å²) in [6, 6.07) is 7.74. The number of hydrogen-bond donors (Lipinski definition) is 1. The van der Waals surface area contributed by atoms with Crippen LogP contribution in [0.5, 0.6) is 0 Å². The molecule has 7 heteroatoms. The third-order valence-corrected chi connectivity index (χ3v) is 5.75. The number of hydrogen-bond acceptors (Lipinski definition) is 6. The number of para-hydroxylation sites is 2. The standard InChI is InChI=1S/C20H25N3O3S/c1-13-7-3-4-8-15(13)23-20(25)14(2)26-19(24)12-27-18-11-21-16-9-5-6-10-17(16)22-18/h5-6,9-11,13-15H,3-4,7-8,12H2,1-2H3,(H,23,25)/t13-,14-,15+/m0/s1. The first-order valence-electron chi connectivity index (χ1n) is 9.37. The topological polar surface area (TPSA) is 81.2 Å². The summed E-state index contributed by atoms with van der Waals surface area (Å²) in [6.45, 7) is 3.77. The van der Waals surface area contributed by atoms with Crippen LogP contribution in [0.2, 0.25) is 0 Å². The molecule has 3 atom stereocenters. The molecule has 1 aromatic carbocycles. The summed E-state index contributed by atoms with van der Waals surface area (Å²) in [5.41, 5.74) is 1.59. The van der Waals surface area contributed by atoms with Crippen LogP contribution in [0, 0.1) is 5.92 Å². The van der Waals surface area contributed by atoms with Gasteiger partial charge < -0.3 is 10.1 Å². The zero-order valence-electron chi connectivity index (χ0n) is 15.7. The van der Waals surface area contributed by atoms with Crippen LogP contribution in [-0.2, 0) is 14.3 Å². The minimum atomic E-state index is -0.796. The van der Waals surface area contributed by atoms with Crippen molar-refractivity contribution in [3.63, 3.8) is 0 Å². The molecule has 1 fully saturated rings. The van der Waals surface area contributed by atoms with Crippen molar-refractivity contribution in [2.75, 3.05) is 5.75 Å². The van der Waals surface area contributed by atoms with Crippen molar-refractivity contribution in [3.05, 3.63) is 30.5 Å². The number of esters is 1. The molecule has 1 aliphatic rings. The normalized spacial score (nSPS) is 20.8. The minimum absolute atomic E-state index is 0.0878. The average Bonchev–Trinajstić information content (AvgIpc) is 2.68. The Kier molecular flexibility index (Phi) is 6.66. The molecule has 27 heavy (non-hydrogen) atoms. The molecule has 1 heterocycles. The lowest BCUT2D eigenvalue weighted by Crippen LogP contribution is -2.46. The summed E-state index contributed by atoms with van der Waals surface area (Å²) in [7, 11) is 0. The van der Waals surface area contributed by atoms with Crippen molar-refractivity contribution in [1.82, 2.24) is 15.3 Å². The Morgan fingerprint density at radius 2 is 2.00 bits per heavy atom. The van der Waals surface area contributed by atoms with Crippen molar-refractivity contribution >= 4 is 34.7 Å². The smallest absolute Gasteiger partial charge is 0.317 e. The Morgan fingerprint density at radius 1 is 1.26 bits per heavy atom. The Labute approximate surface area is 163 Å². The van der Waals surface area contributed by atoms with E-state index in [1.807, 2.05) is 24.3 Å². The van der Waals surface area contributed by atoms with Crippen LogP contribution < -0.4 is 5.32 Å². The van der Waals surface area contributed by atoms with E-state index in [1.54, 1.807) is 13.1 Å². The molecule has 6 nitrogen and oxygen atoms in total. The van der Waals surface area contributed by atoms with E-state index in [4.69, 9.17) is 4.74 Å². The summed E-state index contributed by atoms with van der Waals surface area (Å²) in [6.07, 6.45) is 5.31. The number of benzene rings is 1. The number of fused-ring (bicyclic) bond motifs is 1. The maximum atomic E-state index is 12.3. The van der Waals surface area contributed by atoms with Crippen molar-refractivity contribution in [2.45, 2.75) is 56.7 Å². The van der Waals surface area contributed by atoms with Gasteiger partial charge in [-0.05, 0) is 37.8 Å². The van der Waals surface area contributed by atoms with Gasteiger partial charge >= 0.3 is 5.97 Å². The highest BCUT2D eigenvalue weighted by Crippen LogP contribution is 2.24. The number of nitrogens with zero attached hydrogens (tertiary/aromatic N) is 2. The van der Waals surface area contributed by atoms with E-state index in [2.05, 4.69) is 22.2 Å². The van der Waals surface area contributed by atoms with E-state index in [0.29, 0.717) is 10.9 Å². The molecule has 1 aliphatic carbocycles. The highest BCUT2D eigenvalue weighted by atomic mass is 32.2. The van der Waals surface area contributed by atoms with Gasteiger partial charge in [0.2, 0.25) is 0 Å². The third kappa shape index (κ3) is 5.42. The highest BCUT2D eigenvalue weighted by molar-refractivity contribution is 7.99. The quantitative estimate of drug-likeness (QED) is 0.605. The van der Waals surface area contributed by atoms with Gasteiger partial charge in [0.05, 0.1) is 23.0 Å². The molecule has 1 aromatic heterocycles. The Bertz CT molecular complexity index is 814. The Hall–Kier alpha value is -2.15. The predicted molar refractivity (Wildman–Crippen MR) is 105 cm³/mol.